The van der Waals surface area contributed by atoms with E-state index in [1.165, 1.54) is 23.1 Å². The van der Waals surface area contributed by atoms with Crippen molar-refractivity contribution < 1.29 is 9.18 Å². The molecule has 1 atom stereocenters. The van der Waals surface area contributed by atoms with Gasteiger partial charge in [-0.15, -0.1) is 0 Å². The molecule has 1 heterocycles. The van der Waals surface area contributed by atoms with Gasteiger partial charge in [-0.25, -0.2) is 4.39 Å². The van der Waals surface area contributed by atoms with Crippen LogP contribution >= 0.6 is 0 Å². The molecule has 0 spiro atoms. The zero-order chi connectivity index (χ0) is 18.7. The summed E-state index contributed by atoms with van der Waals surface area (Å²) < 4.78 is 15.8. The predicted octanol–water partition coefficient (Wildman–Crippen LogP) is 4.29. The number of fused-ring (bicyclic) bond motifs is 1. The second kappa shape index (κ2) is 7.68. The van der Waals surface area contributed by atoms with E-state index < -0.39 is 0 Å². The number of rotatable bonds is 6. The fraction of sp³-hybridized carbons (Fsp3) is 0.333. The molecule has 0 saturated heterocycles. The minimum atomic E-state index is -0.384. The molecular formula is C21H24FN3O. The van der Waals surface area contributed by atoms with Crippen molar-refractivity contribution >= 4 is 16.8 Å². The fourth-order valence-electron chi connectivity index (χ4n) is 3.24. The van der Waals surface area contributed by atoms with E-state index >= 15 is 0 Å². The summed E-state index contributed by atoms with van der Waals surface area (Å²) in [6.07, 6.45) is 3.87. The van der Waals surface area contributed by atoms with E-state index in [1.807, 2.05) is 23.7 Å². The summed E-state index contributed by atoms with van der Waals surface area (Å²) in [4.78, 5) is 11.8. The van der Waals surface area contributed by atoms with E-state index in [0.29, 0.717) is 5.56 Å². The van der Waals surface area contributed by atoms with Crippen LogP contribution in [0.5, 0.6) is 0 Å². The minimum absolute atomic E-state index is 0.118. The number of aromatic nitrogens is 2. The standard InChI is InChI=1S/C21H24FN3O/c1-4-15-6-5-7-20-19(15)13-25(24-20)9-8-14(2)16-10-17(21(26)23-3)12-18(22)11-16/h5-7,10-14H,4,8-9H2,1-3H3,(H,23,26). The SMILES string of the molecule is CCc1cccc2nn(CCC(C)c3cc(F)cc(C(=O)NC)c3)cc12. The molecule has 3 rings (SSSR count). The van der Waals surface area contributed by atoms with E-state index in [0.717, 1.165) is 30.5 Å². The van der Waals surface area contributed by atoms with Gasteiger partial charge in [0.05, 0.1) is 5.52 Å². The number of benzene rings is 2. The van der Waals surface area contributed by atoms with Crippen molar-refractivity contribution in [3.8, 4) is 0 Å². The van der Waals surface area contributed by atoms with Crippen molar-refractivity contribution in [2.24, 2.45) is 0 Å². The first-order valence-electron chi connectivity index (χ1n) is 8.99. The van der Waals surface area contributed by atoms with Gasteiger partial charge in [0.1, 0.15) is 5.82 Å². The molecule has 1 unspecified atom stereocenters. The largest absolute Gasteiger partial charge is 0.355 e. The van der Waals surface area contributed by atoms with Gasteiger partial charge >= 0.3 is 0 Å². The summed E-state index contributed by atoms with van der Waals surface area (Å²) in [5.41, 5.74) is 3.48. The number of aryl methyl sites for hydroxylation is 2. The van der Waals surface area contributed by atoms with Crippen molar-refractivity contribution in [3.63, 3.8) is 0 Å². The molecule has 4 nitrogen and oxygen atoms in total. The molecule has 0 saturated carbocycles. The monoisotopic (exact) mass is 353 g/mol. The van der Waals surface area contributed by atoms with Gasteiger partial charge in [0.25, 0.3) is 5.91 Å². The third kappa shape index (κ3) is 3.77. The molecule has 0 bridgehead atoms. The molecule has 1 aromatic heterocycles. The van der Waals surface area contributed by atoms with Gasteiger partial charge in [-0.05, 0) is 54.2 Å². The molecule has 26 heavy (non-hydrogen) atoms. The second-order valence-electron chi connectivity index (χ2n) is 6.64. The molecule has 1 amide bonds. The van der Waals surface area contributed by atoms with Crippen LogP contribution in [0.2, 0.25) is 0 Å². The van der Waals surface area contributed by atoms with E-state index in [9.17, 15) is 9.18 Å². The minimum Gasteiger partial charge on any atom is -0.355 e. The first kappa shape index (κ1) is 18.1. The van der Waals surface area contributed by atoms with Crippen LogP contribution in [-0.4, -0.2) is 22.7 Å². The van der Waals surface area contributed by atoms with Crippen molar-refractivity contribution in [2.75, 3.05) is 7.05 Å². The van der Waals surface area contributed by atoms with Crippen molar-refractivity contribution in [3.05, 3.63) is 65.1 Å². The highest BCUT2D eigenvalue weighted by atomic mass is 19.1. The molecule has 3 aromatic rings. The number of carbonyl (C=O) groups excluding carboxylic acids is 1. The van der Waals surface area contributed by atoms with Crippen LogP contribution in [0.4, 0.5) is 4.39 Å². The highest BCUT2D eigenvalue weighted by molar-refractivity contribution is 5.94. The Morgan fingerprint density at radius 2 is 2.12 bits per heavy atom. The summed E-state index contributed by atoms with van der Waals surface area (Å²) >= 11 is 0. The first-order chi connectivity index (χ1) is 12.5. The highest BCUT2D eigenvalue weighted by Gasteiger charge is 2.13. The lowest BCUT2D eigenvalue weighted by Gasteiger charge is -2.13. The van der Waals surface area contributed by atoms with Crippen LogP contribution in [-0.2, 0) is 13.0 Å². The summed E-state index contributed by atoms with van der Waals surface area (Å²) in [6, 6.07) is 10.7. The number of hydrogen-bond donors (Lipinski definition) is 1. The Hall–Kier alpha value is -2.69. The number of amides is 1. The van der Waals surface area contributed by atoms with Gasteiger partial charge in [-0.1, -0.05) is 26.0 Å². The van der Waals surface area contributed by atoms with E-state index in [-0.39, 0.29) is 17.6 Å². The second-order valence-corrected chi connectivity index (χ2v) is 6.64. The maximum absolute atomic E-state index is 13.9. The lowest BCUT2D eigenvalue weighted by molar-refractivity contribution is 0.0962. The fourth-order valence-corrected chi connectivity index (χ4v) is 3.24. The normalized spacial score (nSPS) is 12.3. The van der Waals surface area contributed by atoms with Gasteiger partial charge in [-0.2, -0.15) is 5.10 Å². The zero-order valence-electron chi connectivity index (χ0n) is 15.4. The summed E-state index contributed by atoms with van der Waals surface area (Å²) in [7, 11) is 1.54. The number of carbonyl (C=O) groups is 1. The van der Waals surface area contributed by atoms with Crippen molar-refractivity contribution in [1.29, 1.82) is 0 Å². The van der Waals surface area contributed by atoms with Crippen LogP contribution in [0.1, 0.15) is 47.7 Å². The maximum Gasteiger partial charge on any atom is 0.251 e. The third-order valence-corrected chi connectivity index (χ3v) is 4.84. The smallest absolute Gasteiger partial charge is 0.251 e. The summed E-state index contributed by atoms with van der Waals surface area (Å²) in [6.45, 7) is 4.93. The lowest BCUT2D eigenvalue weighted by Crippen LogP contribution is -2.18. The predicted molar refractivity (Wildman–Crippen MR) is 102 cm³/mol. The van der Waals surface area contributed by atoms with Gasteiger partial charge < -0.3 is 5.32 Å². The zero-order valence-corrected chi connectivity index (χ0v) is 15.4. The Bertz CT molecular complexity index is 932. The van der Waals surface area contributed by atoms with Gasteiger partial charge in [-0.3, -0.25) is 9.48 Å². The van der Waals surface area contributed by atoms with Gasteiger partial charge in [0.15, 0.2) is 0 Å². The topological polar surface area (TPSA) is 46.9 Å². The maximum atomic E-state index is 13.9. The van der Waals surface area contributed by atoms with Crippen LogP contribution in [0.25, 0.3) is 10.9 Å². The summed E-state index contributed by atoms with van der Waals surface area (Å²) in [5.74, 6) is -0.541. The molecule has 0 aliphatic heterocycles. The van der Waals surface area contributed by atoms with Crippen molar-refractivity contribution in [1.82, 2.24) is 15.1 Å². The Labute approximate surface area is 153 Å². The number of nitrogens with one attached hydrogen (secondary N) is 1. The molecular weight excluding hydrogens is 329 g/mol. The lowest BCUT2D eigenvalue weighted by atomic mass is 9.95. The molecule has 5 heteroatoms. The molecule has 0 aliphatic rings. The van der Waals surface area contributed by atoms with Crippen LogP contribution < -0.4 is 5.32 Å². The van der Waals surface area contributed by atoms with Crippen LogP contribution in [0, 0.1) is 5.82 Å². The average Bonchev–Trinajstić information content (AvgIpc) is 3.07. The number of halogens is 1. The first-order valence-corrected chi connectivity index (χ1v) is 8.99. The Balaban J connectivity index is 1.76. The molecule has 1 N–H and O–H groups in total. The molecule has 2 aromatic carbocycles. The highest BCUT2D eigenvalue weighted by Crippen LogP contribution is 2.24. The third-order valence-electron chi connectivity index (χ3n) is 4.84. The Morgan fingerprint density at radius 1 is 1.31 bits per heavy atom. The quantitative estimate of drug-likeness (QED) is 0.718. The number of nitrogens with zero attached hydrogens (tertiary/aromatic N) is 2. The van der Waals surface area contributed by atoms with E-state index in [2.05, 4.69) is 29.6 Å². The van der Waals surface area contributed by atoms with E-state index in [1.54, 1.807) is 13.1 Å². The van der Waals surface area contributed by atoms with Gasteiger partial charge in [0.2, 0.25) is 0 Å². The molecule has 0 fully saturated rings. The van der Waals surface area contributed by atoms with Crippen LogP contribution in [0.3, 0.4) is 0 Å². The van der Waals surface area contributed by atoms with Crippen molar-refractivity contribution in [2.45, 2.75) is 39.2 Å². The molecule has 136 valence electrons. The Morgan fingerprint density at radius 3 is 2.85 bits per heavy atom. The van der Waals surface area contributed by atoms with Crippen LogP contribution in [0.15, 0.2) is 42.6 Å². The van der Waals surface area contributed by atoms with E-state index in [4.69, 9.17) is 0 Å². The average molecular weight is 353 g/mol. The van der Waals surface area contributed by atoms with Gasteiger partial charge in [0, 0.05) is 30.7 Å². The number of hydrogen-bond acceptors (Lipinski definition) is 2. The molecule has 0 aliphatic carbocycles. The summed E-state index contributed by atoms with van der Waals surface area (Å²) in [5, 5.41) is 8.37. The Kier molecular flexibility index (Phi) is 5.35. The molecule has 0 radical (unpaired) electrons.